The highest BCUT2D eigenvalue weighted by atomic mass is 32.1. The van der Waals surface area contributed by atoms with Gasteiger partial charge in [0.25, 0.3) is 0 Å². The molecule has 3 nitrogen and oxygen atoms in total. The molecule has 0 aliphatic rings. The third-order valence-corrected chi connectivity index (χ3v) is 4.22. The quantitative estimate of drug-likeness (QED) is 0.861. The predicted molar refractivity (Wildman–Crippen MR) is 74.9 cm³/mol. The lowest BCUT2D eigenvalue weighted by Crippen LogP contribution is -2.36. The van der Waals surface area contributed by atoms with Crippen LogP contribution in [0.1, 0.15) is 24.8 Å². The van der Waals surface area contributed by atoms with Crippen LogP contribution in [-0.2, 0) is 9.53 Å². The molecule has 0 aliphatic carbocycles. The third-order valence-electron chi connectivity index (χ3n) is 2.93. The van der Waals surface area contributed by atoms with Crippen LogP contribution in [-0.4, -0.2) is 19.1 Å². The number of thiophene rings is 1. The number of hydrogen-bond acceptors (Lipinski definition) is 4. The first-order chi connectivity index (χ1) is 8.61. The summed E-state index contributed by atoms with van der Waals surface area (Å²) in [7, 11) is 1.41. The van der Waals surface area contributed by atoms with Gasteiger partial charge >= 0.3 is 5.97 Å². The highest BCUT2D eigenvalue weighted by Crippen LogP contribution is 2.29. The van der Waals surface area contributed by atoms with E-state index in [9.17, 15) is 4.79 Å². The number of esters is 1. The minimum absolute atomic E-state index is 0.136. The van der Waals surface area contributed by atoms with E-state index in [1.54, 1.807) is 11.3 Å². The zero-order valence-electron chi connectivity index (χ0n) is 10.8. The number of nitrogens with one attached hydrogen (secondary N) is 1. The van der Waals surface area contributed by atoms with E-state index in [-0.39, 0.29) is 18.1 Å². The summed E-state index contributed by atoms with van der Waals surface area (Å²) in [5.74, 6) is -0.233. The van der Waals surface area contributed by atoms with Gasteiger partial charge in [0.05, 0.1) is 7.11 Å². The molecule has 4 heteroatoms. The first-order valence-corrected chi connectivity index (χ1v) is 6.76. The molecule has 2 unspecified atom stereocenters. The molecule has 0 saturated heterocycles. The van der Waals surface area contributed by atoms with E-state index in [2.05, 4.69) is 30.4 Å². The van der Waals surface area contributed by atoms with E-state index in [0.717, 1.165) is 0 Å². The molecule has 0 bridgehead atoms. The van der Waals surface area contributed by atoms with Crippen LogP contribution in [0.4, 0.5) is 0 Å². The van der Waals surface area contributed by atoms with Gasteiger partial charge in [0, 0.05) is 15.6 Å². The molecule has 0 aliphatic heterocycles. The van der Waals surface area contributed by atoms with Crippen molar-refractivity contribution in [2.75, 3.05) is 7.11 Å². The summed E-state index contributed by atoms with van der Waals surface area (Å²) in [5, 5.41) is 4.49. The van der Waals surface area contributed by atoms with Gasteiger partial charge in [-0.25, -0.2) is 0 Å². The van der Waals surface area contributed by atoms with Crippen LogP contribution >= 0.6 is 11.3 Å². The maximum atomic E-state index is 11.4. The van der Waals surface area contributed by atoms with Gasteiger partial charge in [-0.2, -0.15) is 0 Å². The van der Waals surface area contributed by atoms with Crippen molar-refractivity contribution in [3.8, 4) is 0 Å². The van der Waals surface area contributed by atoms with E-state index in [1.807, 2.05) is 19.1 Å². The van der Waals surface area contributed by atoms with Gasteiger partial charge in [0.15, 0.2) is 0 Å². The topological polar surface area (TPSA) is 38.3 Å². The number of rotatable bonds is 4. The average molecular weight is 263 g/mol. The van der Waals surface area contributed by atoms with Crippen LogP contribution in [0.5, 0.6) is 0 Å². The van der Waals surface area contributed by atoms with Gasteiger partial charge in [-0.1, -0.05) is 18.2 Å². The van der Waals surface area contributed by atoms with E-state index >= 15 is 0 Å². The Bertz CT molecular complexity index is 516. The van der Waals surface area contributed by atoms with E-state index in [4.69, 9.17) is 4.74 Å². The fourth-order valence-corrected chi connectivity index (χ4v) is 2.99. The second-order valence-electron chi connectivity index (χ2n) is 4.32. The Morgan fingerprint density at radius 2 is 2.06 bits per heavy atom. The molecule has 0 amide bonds. The van der Waals surface area contributed by atoms with Crippen molar-refractivity contribution >= 4 is 27.4 Å². The molecule has 1 aromatic carbocycles. The van der Waals surface area contributed by atoms with Gasteiger partial charge in [0.1, 0.15) is 6.04 Å². The smallest absolute Gasteiger partial charge is 0.322 e. The van der Waals surface area contributed by atoms with Crippen LogP contribution < -0.4 is 5.32 Å². The average Bonchev–Trinajstić information content (AvgIpc) is 2.81. The summed E-state index contributed by atoms with van der Waals surface area (Å²) in [6.07, 6.45) is 0. The molecule has 2 atom stereocenters. The van der Waals surface area contributed by atoms with Crippen LogP contribution in [0.3, 0.4) is 0 Å². The zero-order chi connectivity index (χ0) is 13.1. The van der Waals surface area contributed by atoms with Crippen molar-refractivity contribution in [1.82, 2.24) is 5.32 Å². The molecule has 0 spiro atoms. The standard InChI is InChI=1S/C14H17NO2S/c1-9(15-10(2)14(16)17-3)13-8-11-6-4-5-7-12(11)18-13/h4-10,15H,1-3H3. The number of carbonyl (C=O) groups is 1. The van der Waals surface area contributed by atoms with Gasteiger partial charge in [-0.3, -0.25) is 10.1 Å². The van der Waals surface area contributed by atoms with Gasteiger partial charge in [-0.05, 0) is 31.4 Å². The molecule has 0 saturated carbocycles. The van der Waals surface area contributed by atoms with Gasteiger partial charge in [-0.15, -0.1) is 11.3 Å². The number of methoxy groups -OCH3 is 1. The summed E-state index contributed by atoms with van der Waals surface area (Å²) in [4.78, 5) is 12.6. The molecule has 2 aromatic rings. The Labute approximate surface area is 111 Å². The van der Waals surface area contributed by atoms with Gasteiger partial charge < -0.3 is 4.74 Å². The molecular formula is C14H17NO2S. The first kappa shape index (κ1) is 13.1. The lowest BCUT2D eigenvalue weighted by Gasteiger charge is -2.16. The monoisotopic (exact) mass is 263 g/mol. The number of carbonyl (C=O) groups excluding carboxylic acids is 1. The summed E-state index contributed by atoms with van der Waals surface area (Å²) < 4.78 is 5.98. The second-order valence-corrected chi connectivity index (χ2v) is 5.44. The summed E-state index contributed by atoms with van der Waals surface area (Å²) in [6.45, 7) is 3.87. The lowest BCUT2D eigenvalue weighted by atomic mass is 10.2. The highest BCUT2D eigenvalue weighted by molar-refractivity contribution is 7.19. The van der Waals surface area contributed by atoms with E-state index < -0.39 is 0 Å². The Balaban J connectivity index is 2.13. The minimum Gasteiger partial charge on any atom is -0.468 e. The van der Waals surface area contributed by atoms with Crippen molar-refractivity contribution in [2.45, 2.75) is 25.9 Å². The molecular weight excluding hydrogens is 246 g/mol. The van der Waals surface area contributed by atoms with Crippen LogP contribution in [0.25, 0.3) is 10.1 Å². The number of benzene rings is 1. The molecule has 0 radical (unpaired) electrons. The lowest BCUT2D eigenvalue weighted by molar-refractivity contribution is -0.142. The van der Waals surface area contributed by atoms with E-state index in [0.29, 0.717) is 0 Å². The third kappa shape index (κ3) is 2.71. The van der Waals surface area contributed by atoms with Crippen LogP contribution in [0.15, 0.2) is 30.3 Å². The van der Waals surface area contributed by atoms with Crippen molar-refractivity contribution < 1.29 is 9.53 Å². The molecule has 0 fully saturated rings. The first-order valence-electron chi connectivity index (χ1n) is 5.94. The van der Waals surface area contributed by atoms with Crippen LogP contribution in [0.2, 0.25) is 0 Å². The van der Waals surface area contributed by atoms with Crippen LogP contribution in [0, 0.1) is 0 Å². The Morgan fingerprint density at radius 1 is 1.33 bits per heavy atom. The second kappa shape index (κ2) is 5.50. The summed E-state index contributed by atoms with van der Waals surface area (Å²) in [5.41, 5.74) is 0. The Hall–Kier alpha value is -1.39. The van der Waals surface area contributed by atoms with Crippen molar-refractivity contribution in [3.05, 3.63) is 35.2 Å². The van der Waals surface area contributed by atoms with E-state index in [1.165, 1.54) is 22.1 Å². The normalized spacial score (nSPS) is 14.4. The molecule has 18 heavy (non-hydrogen) atoms. The molecule has 1 heterocycles. The highest BCUT2D eigenvalue weighted by Gasteiger charge is 2.17. The van der Waals surface area contributed by atoms with Crippen molar-refractivity contribution in [3.63, 3.8) is 0 Å². The fraction of sp³-hybridized carbons (Fsp3) is 0.357. The van der Waals surface area contributed by atoms with Crippen molar-refractivity contribution in [1.29, 1.82) is 0 Å². The molecule has 96 valence electrons. The molecule has 2 rings (SSSR count). The predicted octanol–water partition coefficient (Wildman–Crippen LogP) is 3.11. The maximum Gasteiger partial charge on any atom is 0.322 e. The Kier molecular flexibility index (Phi) is 3.99. The molecule has 1 N–H and O–H groups in total. The van der Waals surface area contributed by atoms with Crippen molar-refractivity contribution in [2.24, 2.45) is 0 Å². The molecule has 1 aromatic heterocycles. The Morgan fingerprint density at radius 3 is 2.72 bits per heavy atom. The largest absolute Gasteiger partial charge is 0.468 e. The zero-order valence-corrected chi connectivity index (χ0v) is 11.6. The summed E-state index contributed by atoms with van der Waals surface area (Å²) >= 11 is 1.75. The SMILES string of the molecule is COC(=O)C(C)NC(C)c1cc2ccccc2s1. The minimum atomic E-state index is -0.296. The number of hydrogen-bond donors (Lipinski definition) is 1. The number of ether oxygens (including phenoxy) is 1. The fourth-order valence-electron chi connectivity index (χ4n) is 1.92. The maximum absolute atomic E-state index is 11.4. The number of fused-ring (bicyclic) bond motifs is 1. The summed E-state index contributed by atoms with van der Waals surface area (Å²) in [6, 6.07) is 10.3. The van der Waals surface area contributed by atoms with Gasteiger partial charge in [0.2, 0.25) is 0 Å².